The van der Waals surface area contributed by atoms with Gasteiger partial charge >= 0.3 is 0 Å². The van der Waals surface area contributed by atoms with E-state index >= 15 is 0 Å². The number of fused-ring (bicyclic) bond motifs is 2. The number of carbonyl (C=O) groups excluding carboxylic acids is 1. The van der Waals surface area contributed by atoms with Crippen molar-refractivity contribution in [2.45, 2.75) is 6.92 Å². The maximum Gasteiger partial charge on any atom is 0.261 e. The number of hydrogen-bond donors (Lipinski definition) is 2. The van der Waals surface area contributed by atoms with Crippen molar-refractivity contribution in [1.82, 2.24) is 34.5 Å². The van der Waals surface area contributed by atoms with Crippen LogP contribution in [0.4, 0.5) is 5.69 Å². The Labute approximate surface area is 204 Å². The summed E-state index contributed by atoms with van der Waals surface area (Å²) in [6.45, 7) is 1.86. The van der Waals surface area contributed by atoms with Crippen LogP contribution < -0.4 is 10.9 Å². The molecule has 0 fully saturated rings. The van der Waals surface area contributed by atoms with Crippen LogP contribution >= 0.6 is 0 Å². The third-order valence-electron chi connectivity index (χ3n) is 6.03. The van der Waals surface area contributed by atoms with Gasteiger partial charge in [-0.15, -0.1) is 0 Å². The van der Waals surface area contributed by atoms with Gasteiger partial charge in [0.25, 0.3) is 11.5 Å². The van der Waals surface area contributed by atoms with Gasteiger partial charge in [-0.05, 0) is 25.1 Å². The molecule has 0 unspecified atom stereocenters. The van der Waals surface area contributed by atoms with E-state index < -0.39 is 0 Å². The fourth-order valence-electron chi connectivity index (χ4n) is 4.37. The molecule has 0 saturated carbocycles. The molecule has 2 aromatic carbocycles. The second-order valence-electron chi connectivity index (χ2n) is 8.33. The largest absolute Gasteiger partial charge is 0.320 e. The van der Waals surface area contributed by atoms with Crippen LogP contribution in [0.15, 0.2) is 78.0 Å². The minimum Gasteiger partial charge on any atom is -0.320 e. The summed E-state index contributed by atoms with van der Waals surface area (Å²) < 4.78 is 3.22. The fraction of sp³-hybridized carbons (Fsp3) is 0.0769. The van der Waals surface area contributed by atoms with Crippen molar-refractivity contribution in [3.8, 4) is 16.9 Å². The number of pyridine rings is 1. The summed E-state index contributed by atoms with van der Waals surface area (Å²) in [5.41, 5.74) is 4.55. The van der Waals surface area contributed by atoms with E-state index in [-0.39, 0.29) is 11.5 Å². The summed E-state index contributed by atoms with van der Waals surface area (Å²) in [6, 6.07) is 18.7. The molecule has 2 N–H and O–H groups in total. The van der Waals surface area contributed by atoms with E-state index in [9.17, 15) is 9.59 Å². The standard InChI is InChI=1S/C26H20N8O2/c1-15-22-17(12-20(16-8-4-3-5-9-16)30-24(22)33(2)32-15)26(36)31-19-10-6-7-11-21(19)34-23-18(13-29-34)25(35)28-14-27-23/h3-14H,1-2H3,(H,31,36)(H,27,28,35). The predicted molar refractivity (Wildman–Crippen MR) is 136 cm³/mol. The van der Waals surface area contributed by atoms with Crippen LogP contribution in [-0.4, -0.2) is 40.4 Å². The minimum atomic E-state index is -0.314. The molecule has 0 radical (unpaired) electrons. The lowest BCUT2D eigenvalue weighted by Crippen LogP contribution is -2.15. The van der Waals surface area contributed by atoms with Crippen molar-refractivity contribution in [2.75, 3.05) is 5.32 Å². The number of rotatable bonds is 4. The summed E-state index contributed by atoms with van der Waals surface area (Å²) in [6.07, 6.45) is 2.78. The number of nitrogens with one attached hydrogen (secondary N) is 2. The quantitative estimate of drug-likeness (QED) is 0.401. The topological polar surface area (TPSA) is 123 Å². The summed E-state index contributed by atoms with van der Waals surface area (Å²) >= 11 is 0. The van der Waals surface area contributed by atoms with Gasteiger partial charge in [-0.25, -0.2) is 14.6 Å². The molecule has 0 atom stereocenters. The molecule has 1 amide bonds. The Balaban J connectivity index is 1.47. The van der Waals surface area contributed by atoms with Crippen LogP contribution in [0.1, 0.15) is 16.1 Å². The van der Waals surface area contributed by atoms with E-state index in [2.05, 4.69) is 25.5 Å². The zero-order valence-corrected chi connectivity index (χ0v) is 19.4. The maximum absolute atomic E-state index is 13.7. The van der Waals surface area contributed by atoms with Crippen LogP contribution in [0.2, 0.25) is 0 Å². The average Bonchev–Trinajstić information content (AvgIpc) is 3.46. The van der Waals surface area contributed by atoms with Crippen molar-refractivity contribution >= 4 is 33.7 Å². The van der Waals surface area contributed by atoms with E-state index in [1.54, 1.807) is 22.9 Å². The highest BCUT2D eigenvalue weighted by atomic mass is 16.1. The van der Waals surface area contributed by atoms with Gasteiger partial charge in [0.15, 0.2) is 11.3 Å². The lowest BCUT2D eigenvalue weighted by atomic mass is 10.0. The number of benzene rings is 2. The molecule has 176 valence electrons. The van der Waals surface area contributed by atoms with Gasteiger partial charge in [-0.3, -0.25) is 14.3 Å². The molecule has 0 aliphatic carbocycles. The Kier molecular flexibility index (Phi) is 4.92. The third kappa shape index (κ3) is 3.43. The lowest BCUT2D eigenvalue weighted by molar-refractivity contribution is 0.102. The van der Waals surface area contributed by atoms with Crippen LogP contribution in [0.5, 0.6) is 0 Å². The van der Waals surface area contributed by atoms with Crippen molar-refractivity contribution < 1.29 is 4.79 Å². The highest BCUT2D eigenvalue weighted by Gasteiger charge is 2.21. The average molecular weight is 477 g/mol. The molecule has 10 nitrogen and oxygen atoms in total. The van der Waals surface area contributed by atoms with Gasteiger partial charge in [0.05, 0.1) is 46.2 Å². The molecular formula is C26H20N8O2. The highest BCUT2D eigenvalue weighted by molar-refractivity contribution is 6.14. The summed E-state index contributed by atoms with van der Waals surface area (Å²) in [5, 5.41) is 12.9. The van der Waals surface area contributed by atoms with Crippen molar-refractivity contribution in [3.63, 3.8) is 0 Å². The van der Waals surface area contributed by atoms with E-state index in [0.717, 1.165) is 5.56 Å². The third-order valence-corrected chi connectivity index (χ3v) is 6.03. The first-order valence-electron chi connectivity index (χ1n) is 11.2. The maximum atomic E-state index is 13.7. The van der Waals surface area contributed by atoms with Gasteiger partial charge in [-0.1, -0.05) is 42.5 Å². The summed E-state index contributed by atoms with van der Waals surface area (Å²) in [4.78, 5) is 37.5. The zero-order valence-electron chi connectivity index (χ0n) is 19.4. The first kappa shape index (κ1) is 21.4. The van der Waals surface area contributed by atoms with Gasteiger partial charge in [-0.2, -0.15) is 10.2 Å². The molecule has 0 aliphatic rings. The van der Waals surface area contributed by atoms with Crippen molar-refractivity contribution in [2.24, 2.45) is 7.05 Å². The number of aromatic nitrogens is 7. The summed E-state index contributed by atoms with van der Waals surface area (Å²) in [5.74, 6) is -0.314. The first-order valence-corrected chi connectivity index (χ1v) is 11.2. The molecular weight excluding hydrogens is 456 g/mol. The number of hydrogen-bond acceptors (Lipinski definition) is 6. The molecule has 10 heteroatoms. The number of carbonyl (C=O) groups is 1. The Morgan fingerprint density at radius 1 is 1.03 bits per heavy atom. The SMILES string of the molecule is Cc1nn(C)c2nc(-c3ccccc3)cc(C(=O)Nc3ccccc3-n3ncc4c(=O)[nH]cnc43)c12. The Morgan fingerprint density at radius 3 is 2.64 bits per heavy atom. The molecule has 0 bridgehead atoms. The number of nitrogens with zero attached hydrogens (tertiary/aromatic N) is 6. The van der Waals surface area contributed by atoms with E-state index in [4.69, 9.17) is 4.98 Å². The molecule has 6 rings (SSSR count). The number of anilines is 1. The van der Waals surface area contributed by atoms with E-state index in [0.29, 0.717) is 50.4 Å². The van der Waals surface area contributed by atoms with Gasteiger partial charge in [0.1, 0.15) is 5.39 Å². The zero-order chi connectivity index (χ0) is 24.8. The number of aryl methyl sites for hydroxylation is 2. The second kappa shape index (κ2) is 8.27. The Morgan fingerprint density at radius 2 is 1.81 bits per heavy atom. The Hall–Kier alpha value is -5.12. The molecule has 6 aromatic rings. The van der Waals surface area contributed by atoms with Gasteiger partial charge < -0.3 is 10.3 Å². The van der Waals surface area contributed by atoms with Crippen LogP contribution in [-0.2, 0) is 7.05 Å². The van der Waals surface area contributed by atoms with Crippen molar-refractivity contribution in [3.05, 3.63) is 94.8 Å². The van der Waals surface area contributed by atoms with Gasteiger partial charge in [0, 0.05) is 12.6 Å². The monoisotopic (exact) mass is 476 g/mol. The van der Waals surface area contributed by atoms with E-state index in [1.807, 2.05) is 56.4 Å². The van der Waals surface area contributed by atoms with Crippen LogP contribution in [0.3, 0.4) is 0 Å². The fourth-order valence-corrected chi connectivity index (χ4v) is 4.37. The Bertz CT molecular complexity index is 1830. The smallest absolute Gasteiger partial charge is 0.261 e. The number of para-hydroxylation sites is 2. The second-order valence-corrected chi connectivity index (χ2v) is 8.33. The number of amides is 1. The molecule has 36 heavy (non-hydrogen) atoms. The first-order chi connectivity index (χ1) is 17.5. The van der Waals surface area contributed by atoms with Crippen LogP contribution in [0, 0.1) is 6.92 Å². The molecule has 0 aliphatic heterocycles. The number of H-pyrrole nitrogens is 1. The van der Waals surface area contributed by atoms with Crippen molar-refractivity contribution in [1.29, 1.82) is 0 Å². The van der Waals surface area contributed by atoms with E-state index in [1.165, 1.54) is 17.2 Å². The lowest BCUT2D eigenvalue weighted by Gasteiger charge is -2.13. The molecule has 4 heterocycles. The molecule has 0 spiro atoms. The minimum absolute atomic E-state index is 0.285. The normalized spacial score (nSPS) is 11.3. The van der Waals surface area contributed by atoms with Crippen LogP contribution in [0.25, 0.3) is 39.0 Å². The predicted octanol–water partition coefficient (Wildman–Crippen LogP) is 3.62. The summed E-state index contributed by atoms with van der Waals surface area (Å²) in [7, 11) is 1.81. The van der Waals surface area contributed by atoms with Gasteiger partial charge in [0.2, 0.25) is 0 Å². The molecule has 4 aromatic heterocycles. The number of aromatic amines is 1. The highest BCUT2D eigenvalue weighted by Crippen LogP contribution is 2.29. The molecule has 0 saturated heterocycles.